The van der Waals surface area contributed by atoms with Gasteiger partial charge in [0.1, 0.15) is 11.6 Å². The number of hydrogen-bond acceptors (Lipinski definition) is 6. The minimum absolute atomic E-state index is 0.0841. The third-order valence-corrected chi connectivity index (χ3v) is 9.34. The maximum Gasteiger partial charge on any atom is 0.335 e. The molecular weight excluding hydrogens is 709 g/mol. The van der Waals surface area contributed by atoms with Crippen LogP contribution in [0.15, 0.2) is 109 Å². The summed E-state index contributed by atoms with van der Waals surface area (Å²) in [5.41, 5.74) is 6.33. The van der Waals surface area contributed by atoms with E-state index in [4.69, 9.17) is 4.98 Å². The molecule has 6 N–H and O–H groups in total. The van der Waals surface area contributed by atoms with Crippen molar-refractivity contribution in [2.45, 2.75) is 52.4 Å². The Balaban J connectivity index is 1.36. The second-order valence-corrected chi connectivity index (χ2v) is 15.6. The quantitative estimate of drug-likeness (QED) is 0.0844. The number of carboxylic acid groups (broad SMARTS) is 2. The number of aromatic carboxylic acids is 2. The van der Waals surface area contributed by atoms with Crippen LogP contribution in [-0.4, -0.2) is 49.0 Å². The van der Waals surface area contributed by atoms with Crippen LogP contribution < -0.4 is 10.6 Å². The summed E-state index contributed by atoms with van der Waals surface area (Å²) in [5, 5.41) is 35.5. The van der Waals surface area contributed by atoms with Crippen molar-refractivity contribution < 1.29 is 34.5 Å². The molecule has 0 radical (unpaired) electrons. The van der Waals surface area contributed by atoms with Gasteiger partial charge in [-0.2, -0.15) is 0 Å². The van der Waals surface area contributed by atoms with Crippen molar-refractivity contribution in [1.82, 2.24) is 9.97 Å². The number of phenolic OH excluding ortho intramolecular Hbond substituents is 1. The second-order valence-electron chi connectivity index (χ2n) is 15.6. The lowest BCUT2D eigenvalue weighted by Crippen LogP contribution is -2.17. The molecule has 5 aromatic carbocycles. The molecule has 284 valence electrons. The molecular formula is C45H42N4O7. The van der Waals surface area contributed by atoms with Crippen molar-refractivity contribution in [3.8, 4) is 39.7 Å². The average molecular weight is 751 g/mol. The molecule has 1 heterocycles. The monoisotopic (exact) mass is 750 g/mol. The molecule has 0 atom stereocenters. The summed E-state index contributed by atoms with van der Waals surface area (Å²) >= 11 is 0. The van der Waals surface area contributed by atoms with Gasteiger partial charge in [0, 0.05) is 50.3 Å². The van der Waals surface area contributed by atoms with E-state index in [0.717, 1.165) is 27.8 Å². The number of aromatic hydroxyl groups is 1. The number of hydrogen-bond donors (Lipinski definition) is 6. The summed E-state index contributed by atoms with van der Waals surface area (Å²) in [6.45, 7) is 12.3. The number of amides is 2. The fraction of sp³-hybridized carbons (Fsp3) is 0.178. The molecule has 0 unspecified atom stereocenters. The van der Waals surface area contributed by atoms with Crippen molar-refractivity contribution in [2.75, 3.05) is 10.6 Å². The van der Waals surface area contributed by atoms with Crippen LogP contribution in [0.5, 0.6) is 5.75 Å². The fourth-order valence-corrected chi connectivity index (χ4v) is 6.21. The number of imidazole rings is 1. The molecule has 0 fully saturated rings. The van der Waals surface area contributed by atoms with Crippen LogP contribution in [0, 0.1) is 0 Å². The molecule has 0 aliphatic carbocycles. The number of carbonyl (C=O) groups is 4. The molecule has 1 aromatic heterocycles. The first-order chi connectivity index (χ1) is 26.4. The molecule has 11 nitrogen and oxygen atoms in total. The van der Waals surface area contributed by atoms with Gasteiger partial charge in [-0.15, -0.1) is 0 Å². The standard InChI is InChI=1S/C45H42N4O7/c1-44(2,3)34-23-31(24-35(38(34)50)45(4,5)6)39-48-36(25-15-19-32(20-16-25)46-40(51)27-7-11-29(12-8-27)42(53)54)37(49-39)26-17-21-33(22-18-26)47-41(52)28-9-13-30(14-10-28)43(55)56/h7-24,50H,1-6H3,(H,46,51)(H,47,52)(H,48,49)(H,53,54)(H,55,56). The van der Waals surface area contributed by atoms with E-state index >= 15 is 0 Å². The van der Waals surface area contributed by atoms with Crippen LogP contribution in [0.4, 0.5) is 11.4 Å². The Hall–Kier alpha value is -7.01. The Kier molecular flexibility index (Phi) is 10.4. The van der Waals surface area contributed by atoms with E-state index in [1.165, 1.54) is 48.5 Å². The predicted molar refractivity (Wildman–Crippen MR) is 217 cm³/mol. The number of phenols is 1. The Morgan fingerprint density at radius 1 is 0.536 bits per heavy atom. The number of nitrogens with one attached hydrogen (secondary N) is 3. The lowest BCUT2D eigenvalue weighted by Gasteiger charge is -2.28. The highest BCUT2D eigenvalue weighted by atomic mass is 16.4. The molecule has 0 bridgehead atoms. The molecule has 56 heavy (non-hydrogen) atoms. The summed E-state index contributed by atoms with van der Waals surface area (Å²) in [4.78, 5) is 57.0. The summed E-state index contributed by atoms with van der Waals surface area (Å²) in [6.07, 6.45) is 0. The highest BCUT2D eigenvalue weighted by Gasteiger charge is 2.28. The first-order valence-electron chi connectivity index (χ1n) is 17.9. The molecule has 2 amide bonds. The van der Waals surface area contributed by atoms with Crippen LogP contribution in [0.1, 0.15) is 94.1 Å². The number of aromatic amines is 1. The number of aromatic nitrogens is 2. The van der Waals surface area contributed by atoms with Crippen LogP contribution in [-0.2, 0) is 10.8 Å². The normalized spacial score (nSPS) is 11.5. The minimum Gasteiger partial charge on any atom is -0.507 e. The first kappa shape index (κ1) is 38.7. The molecule has 6 aromatic rings. The molecule has 0 aliphatic rings. The highest BCUT2D eigenvalue weighted by molar-refractivity contribution is 6.05. The SMILES string of the molecule is CC(C)(C)c1cc(-c2nc(-c3ccc(NC(=O)c4ccc(C(=O)O)cc4)cc3)c(-c3ccc(NC(=O)c4ccc(C(=O)O)cc4)cc3)[nH]2)cc(C(C)(C)C)c1O. The Morgan fingerprint density at radius 3 is 1.29 bits per heavy atom. The third-order valence-electron chi connectivity index (χ3n) is 9.34. The lowest BCUT2D eigenvalue weighted by molar-refractivity contribution is 0.0686. The highest BCUT2D eigenvalue weighted by Crippen LogP contribution is 2.43. The third kappa shape index (κ3) is 8.37. The maximum absolute atomic E-state index is 12.9. The summed E-state index contributed by atoms with van der Waals surface area (Å²) in [6, 6.07) is 29.7. The topological polar surface area (TPSA) is 182 Å². The van der Waals surface area contributed by atoms with E-state index in [9.17, 15) is 34.5 Å². The number of carboxylic acids is 2. The Morgan fingerprint density at radius 2 is 0.911 bits per heavy atom. The smallest absolute Gasteiger partial charge is 0.335 e. The van der Waals surface area contributed by atoms with Crippen molar-refractivity contribution in [3.05, 3.63) is 143 Å². The van der Waals surface area contributed by atoms with Crippen molar-refractivity contribution >= 4 is 35.1 Å². The molecule has 11 heteroatoms. The molecule has 0 spiro atoms. The number of carbonyl (C=O) groups excluding carboxylic acids is 2. The first-order valence-corrected chi connectivity index (χ1v) is 17.9. The molecule has 0 saturated carbocycles. The summed E-state index contributed by atoms with van der Waals surface area (Å²) in [5.74, 6) is -2.10. The van der Waals surface area contributed by atoms with Crippen LogP contribution in [0.25, 0.3) is 33.9 Å². The predicted octanol–water partition coefficient (Wildman–Crippen LogP) is 9.61. The van der Waals surface area contributed by atoms with Gasteiger partial charge in [0.25, 0.3) is 11.8 Å². The van der Waals surface area contributed by atoms with Crippen LogP contribution >= 0.6 is 0 Å². The zero-order chi connectivity index (χ0) is 40.5. The van der Waals surface area contributed by atoms with Gasteiger partial charge in [0.15, 0.2) is 0 Å². The van der Waals surface area contributed by atoms with E-state index in [0.29, 0.717) is 39.7 Å². The van der Waals surface area contributed by atoms with Gasteiger partial charge in [-0.05, 0) is 95.8 Å². The minimum atomic E-state index is -1.08. The van der Waals surface area contributed by atoms with Crippen molar-refractivity contribution in [1.29, 1.82) is 0 Å². The zero-order valence-corrected chi connectivity index (χ0v) is 31.8. The average Bonchev–Trinajstić information content (AvgIpc) is 3.60. The van der Waals surface area contributed by atoms with Gasteiger partial charge >= 0.3 is 11.9 Å². The van der Waals surface area contributed by atoms with Gasteiger partial charge < -0.3 is 30.9 Å². The van der Waals surface area contributed by atoms with E-state index in [1.54, 1.807) is 24.3 Å². The molecule has 0 saturated heterocycles. The Bertz CT molecular complexity index is 2280. The number of benzene rings is 5. The number of nitrogens with zero attached hydrogens (tertiary/aromatic N) is 1. The Labute approximate surface area is 324 Å². The van der Waals surface area contributed by atoms with Gasteiger partial charge in [-0.1, -0.05) is 65.8 Å². The maximum atomic E-state index is 12.9. The van der Waals surface area contributed by atoms with E-state index in [2.05, 4.69) is 15.6 Å². The van der Waals surface area contributed by atoms with Gasteiger partial charge in [0.05, 0.1) is 22.5 Å². The van der Waals surface area contributed by atoms with Crippen LogP contribution in [0.2, 0.25) is 0 Å². The summed E-state index contributed by atoms with van der Waals surface area (Å²) < 4.78 is 0. The van der Waals surface area contributed by atoms with E-state index in [1.807, 2.05) is 77.9 Å². The second kappa shape index (κ2) is 15.0. The fourth-order valence-electron chi connectivity index (χ4n) is 6.21. The molecule has 6 rings (SSSR count). The van der Waals surface area contributed by atoms with Gasteiger partial charge in [-0.25, -0.2) is 14.6 Å². The van der Waals surface area contributed by atoms with Crippen molar-refractivity contribution in [2.24, 2.45) is 0 Å². The molecule has 0 aliphatic heterocycles. The lowest BCUT2D eigenvalue weighted by atomic mass is 9.78. The van der Waals surface area contributed by atoms with E-state index < -0.39 is 17.8 Å². The zero-order valence-electron chi connectivity index (χ0n) is 31.8. The van der Waals surface area contributed by atoms with Crippen molar-refractivity contribution in [3.63, 3.8) is 0 Å². The number of rotatable bonds is 9. The number of H-pyrrole nitrogens is 1. The van der Waals surface area contributed by atoms with Gasteiger partial charge in [0.2, 0.25) is 0 Å². The van der Waals surface area contributed by atoms with Gasteiger partial charge in [-0.3, -0.25) is 9.59 Å². The van der Waals surface area contributed by atoms with Crippen LogP contribution in [0.3, 0.4) is 0 Å². The number of anilines is 2. The van der Waals surface area contributed by atoms with E-state index in [-0.39, 0.29) is 33.6 Å². The summed E-state index contributed by atoms with van der Waals surface area (Å²) in [7, 11) is 0. The largest absolute Gasteiger partial charge is 0.507 e.